The zero-order valence-electron chi connectivity index (χ0n) is 18.8. The Bertz CT molecular complexity index is 1220. The first-order chi connectivity index (χ1) is 16.5. The van der Waals surface area contributed by atoms with Crippen molar-refractivity contribution < 1.29 is 19.1 Å². The van der Waals surface area contributed by atoms with Gasteiger partial charge in [0.25, 0.3) is 0 Å². The molecule has 0 fully saturated rings. The molecule has 1 aliphatic heterocycles. The monoisotopic (exact) mass is 455 g/mol. The van der Waals surface area contributed by atoms with Crippen molar-refractivity contribution in [2.24, 2.45) is 4.99 Å². The van der Waals surface area contributed by atoms with Crippen molar-refractivity contribution in [1.29, 1.82) is 0 Å². The van der Waals surface area contributed by atoms with Gasteiger partial charge < -0.3 is 14.8 Å². The van der Waals surface area contributed by atoms with Crippen molar-refractivity contribution in [2.45, 2.75) is 12.6 Å². The number of para-hydroxylation sites is 1. The Kier molecular flexibility index (Phi) is 6.73. The number of benzene rings is 3. The number of carbonyl (C=O) groups is 2. The number of rotatable bonds is 8. The van der Waals surface area contributed by atoms with Gasteiger partial charge in [0, 0.05) is 22.3 Å². The van der Waals surface area contributed by atoms with E-state index in [2.05, 4.69) is 17.2 Å². The second kappa shape index (κ2) is 10.0. The lowest BCUT2D eigenvalue weighted by atomic mass is 9.90. The van der Waals surface area contributed by atoms with Crippen LogP contribution in [-0.4, -0.2) is 31.0 Å². The zero-order chi connectivity index (χ0) is 24.0. The molecule has 7 nitrogen and oxygen atoms in total. The molecule has 0 aromatic heterocycles. The number of carbonyl (C=O) groups excluding carboxylic acids is 2. The molecule has 3 aromatic rings. The third-order valence-electron chi connectivity index (χ3n) is 5.24. The minimum absolute atomic E-state index is 0.0603. The summed E-state index contributed by atoms with van der Waals surface area (Å²) in [6, 6.07) is 25.9. The van der Waals surface area contributed by atoms with Crippen LogP contribution in [0.1, 0.15) is 23.6 Å². The average molecular weight is 456 g/mol. The van der Waals surface area contributed by atoms with Crippen LogP contribution in [0.5, 0.6) is 5.75 Å². The number of urea groups is 1. The predicted molar refractivity (Wildman–Crippen MR) is 130 cm³/mol. The van der Waals surface area contributed by atoms with Gasteiger partial charge in [0.1, 0.15) is 24.8 Å². The number of ether oxygens (including phenoxy) is 2. The molecule has 1 atom stereocenters. The maximum Gasteiger partial charge on any atom is 0.333 e. The van der Waals surface area contributed by atoms with Gasteiger partial charge in [0.05, 0.1) is 0 Å². The van der Waals surface area contributed by atoms with E-state index in [1.165, 1.54) is 0 Å². The summed E-state index contributed by atoms with van der Waals surface area (Å²) < 4.78 is 11.1. The standard InChI is InChI=1S/C27H25N3O4/c1-19(2)25(31)34-18-17-33-23-16-10-9-15-22(23)27(21-13-7-4-8-14-21)29-24(28-26(32)30-27)20-11-5-3-6-12-20/h3-16H,1,17-18H2,2H3,(H2,28,29,30,32). The van der Waals surface area contributed by atoms with Gasteiger partial charge in [-0.05, 0) is 13.0 Å². The van der Waals surface area contributed by atoms with Crippen LogP contribution in [0.25, 0.3) is 0 Å². The summed E-state index contributed by atoms with van der Waals surface area (Å²) in [5.74, 6) is 0.481. The van der Waals surface area contributed by atoms with Crippen molar-refractivity contribution in [3.63, 3.8) is 0 Å². The van der Waals surface area contributed by atoms with E-state index in [9.17, 15) is 9.59 Å². The summed E-state index contributed by atoms with van der Waals surface area (Å²) in [4.78, 5) is 29.6. The molecule has 1 unspecified atom stereocenters. The highest BCUT2D eigenvalue weighted by Gasteiger charge is 2.41. The van der Waals surface area contributed by atoms with Crippen molar-refractivity contribution >= 4 is 17.8 Å². The number of amides is 2. The number of hydrogen-bond acceptors (Lipinski definition) is 5. The highest BCUT2D eigenvalue weighted by atomic mass is 16.6. The summed E-state index contributed by atoms with van der Waals surface area (Å²) in [5, 5.41) is 5.83. The highest BCUT2D eigenvalue weighted by Crippen LogP contribution is 2.38. The molecular formula is C27H25N3O4. The lowest BCUT2D eigenvalue weighted by molar-refractivity contribution is -0.139. The predicted octanol–water partition coefficient (Wildman–Crippen LogP) is 4.15. The average Bonchev–Trinajstić information content (AvgIpc) is 2.87. The lowest BCUT2D eigenvalue weighted by Crippen LogP contribution is -2.56. The Morgan fingerprint density at radius 3 is 2.29 bits per heavy atom. The van der Waals surface area contributed by atoms with Crippen LogP contribution in [-0.2, 0) is 15.2 Å². The first-order valence-corrected chi connectivity index (χ1v) is 10.8. The fourth-order valence-corrected chi connectivity index (χ4v) is 3.66. The van der Waals surface area contributed by atoms with Crippen LogP contribution in [0.2, 0.25) is 0 Å². The van der Waals surface area contributed by atoms with Crippen LogP contribution in [0, 0.1) is 0 Å². The maximum atomic E-state index is 12.9. The van der Waals surface area contributed by atoms with E-state index in [1.807, 2.05) is 78.9 Å². The Morgan fingerprint density at radius 2 is 1.59 bits per heavy atom. The van der Waals surface area contributed by atoms with Gasteiger partial charge in [-0.1, -0.05) is 85.4 Å². The van der Waals surface area contributed by atoms with Gasteiger partial charge in [-0.15, -0.1) is 0 Å². The van der Waals surface area contributed by atoms with Gasteiger partial charge in [0.2, 0.25) is 0 Å². The molecule has 34 heavy (non-hydrogen) atoms. The van der Waals surface area contributed by atoms with Crippen LogP contribution < -0.4 is 15.4 Å². The Balaban J connectivity index is 1.76. The van der Waals surface area contributed by atoms with Crippen molar-refractivity contribution in [1.82, 2.24) is 10.6 Å². The number of hydrogen-bond donors (Lipinski definition) is 2. The molecule has 0 radical (unpaired) electrons. The summed E-state index contributed by atoms with van der Waals surface area (Å²) >= 11 is 0. The molecule has 172 valence electrons. The molecule has 2 amide bonds. The molecule has 0 saturated heterocycles. The summed E-state index contributed by atoms with van der Waals surface area (Å²) in [6.07, 6.45) is 0. The Hall–Kier alpha value is -4.39. The molecule has 0 spiro atoms. The number of nitrogens with one attached hydrogen (secondary N) is 2. The van der Waals surface area contributed by atoms with E-state index < -0.39 is 11.6 Å². The molecule has 1 aliphatic rings. The third-order valence-corrected chi connectivity index (χ3v) is 5.24. The number of esters is 1. The van der Waals surface area contributed by atoms with E-state index in [-0.39, 0.29) is 19.2 Å². The van der Waals surface area contributed by atoms with Crippen molar-refractivity contribution in [3.05, 3.63) is 114 Å². The van der Waals surface area contributed by atoms with E-state index in [1.54, 1.807) is 13.0 Å². The SMILES string of the molecule is C=C(C)C(=O)OCCOc1ccccc1C1(c2ccccc2)N=C(c2ccccc2)NC(=O)N1. The topological polar surface area (TPSA) is 89.0 Å². The first kappa shape index (κ1) is 22.8. The Morgan fingerprint density at radius 1 is 0.941 bits per heavy atom. The second-order valence-corrected chi connectivity index (χ2v) is 7.74. The van der Waals surface area contributed by atoms with Gasteiger partial charge in [-0.3, -0.25) is 5.32 Å². The third kappa shape index (κ3) is 4.83. The minimum Gasteiger partial charge on any atom is -0.490 e. The molecule has 2 N–H and O–H groups in total. The summed E-state index contributed by atoms with van der Waals surface area (Å²) in [5.41, 5.74) is 1.28. The largest absolute Gasteiger partial charge is 0.490 e. The van der Waals surface area contributed by atoms with E-state index in [0.717, 1.165) is 11.1 Å². The molecule has 7 heteroatoms. The molecule has 4 rings (SSSR count). The van der Waals surface area contributed by atoms with Crippen LogP contribution in [0.3, 0.4) is 0 Å². The van der Waals surface area contributed by atoms with Gasteiger partial charge >= 0.3 is 12.0 Å². The van der Waals surface area contributed by atoms with E-state index >= 15 is 0 Å². The lowest BCUT2D eigenvalue weighted by Gasteiger charge is -2.37. The molecular weight excluding hydrogens is 430 g/mol. The molecule has 3 aromatic carbocycles. The van der Waals surface area contributed by atoms with Crippen molar-refractivity contribution in [3.8, 4) is 5.75 Å². The smallest absolute Gasteiger partial charge is 0.333 e. The van der Waals surface area contributed by atoms with Gasteiger partial charge in [0.15, 0.2) is 5.66 Å². The van der Waals surface area contributed by atoms with Gasteiger partial charge in [-0.25, -0.2) is 14.6 Å². The van der Waals surface area contributed by atoms with Crippen LogP contribution >= 0.6 is 0 Å². The quantitative estimate of drug-likeness (QED) is 0.303. The zero-order valence-corrected chi connectivity index (χ0v) is 18.8. The van der Waals surface area contributed by atoms with E-state index in [4.69, 9.17) is 14.5 Å². The summed E-state index contributed by atoms with van der Waals surface area (Å²) in [6.45, 7) is 5.35. The Labute approximate surface area is 198 Å². The van der Waals surface area contributed by atoms with Crippen LogP contribution in [0.15, 0.2) is 102 Å². The van der Waals surface area contributed by atoms with Crippen molar-refractivity contribution in [2.75, 3.05) is 13.2 Å². The van der Waals surface area contributed by atoms with Crippen LogP contribution in [0.4, 0.5) is 4.79 Å². The van der Waals surface area contributed by atoms with Gasteiger partial charge in [-0.2, -0.15) is 0 Å². The second-order valence-electron chi connectivity index (χ2n) is 7.74. The number of aliphatic imine (C=N–C) groups is 1. The van der Waals surface area contributed by atoms with E-state index in [0.29, 0.717) is 22.7 Å². The summed E-state index contributed by atoms with van der Waals surface area (Å²) in [7, 11) is 0. The minimum atomic E-state index is -1.24. The first-order valence-electron chi connectivity index (χ1n) is 10.8. The fraction of sp³-hybridized carbons (Fsp3) is 0.148. The fourth-order valence-electron chi connectivity index (χ4n) is 3.66. The number of amidine groups is 1. The molecule has 1 heterocycles. The molecule has 0 bridgehead atoms. The molecule has 0 saturated carbocycles. The number of nitrogens with zero attached hydrogens (tertiary/aromatic N) is 1. The normalized spacial score (nSPS) is 17.1. The highest BCUT2D eigenvalue weighted by molar-refractivity contribution is 6.09. The maximum absolute atomic E-state index is 12.9. The molecule has 0 aliphatic carbocycles.